The second-order valence-electron chi connectivity index (χ2n) is 3.60. The fourth-order valence-electron chi connectivity index (χ4n) is 1.49. The van der Waals surface area contributed by atoms with Gasteiger partial charge in [0.05, 0.1) is 0 Å². The molecule has 0 bridgehead atoms. The first-order valence-corrected chi connectivity index (χ1v) is 4.97. The number of aryl methyl sites for hydroxylation is 1. The van der Waals surface area contributed by atoms with Gasteiger partial charge in [-0.15, -0.1) is 0 Å². The number of aromatic amines is 1. The molecule has 92 valence electrons. The number of imidazole rings is 1. The third kappa shape index (κ3) is 3.32. The number of hydrogen-bond donors (Lipinski definition) is 2. The van der Waals surface area contributed by atoms with Crippen molar-refractivity contribution >= 4 is 11.6 Å². The molecule has 3 N–H and O–H groups in total. The SMILES string of the molecule is CCCN(CC(F)(F)F)c1nc(C)[nH]c1N. The summed E-state index contributed by atoms with van der Waals surface area (Å²) in [6.45, 7) is 2.69. The predicted octanol–water partition coefficient (Wildman–Crippen LogP) is 2.08. The number of rotatable bonds is 4. The maximum atomic E-state index is 12.3. The normalized spacial score (nSPS) is 11.8. The molecule has 16 heavy (non-hydrogen) atoms. The van der Waals surface area contributed by atoms with Crippen molar-refractivity contribution in [1.29, 1.82) is 0 Å². The van der Waals surface area contributed by atoms with Gasteiger partial charge in [-0.2, -0.15) is 13.2 Å². The summed E-state index contributed by atoms with van der Waals surface area (Å²) >= 11 is 0. The van der Waals surface area contributed by atoms with Crippen LogP contribution < -0.4 is 10.6 Å². The van der Waals surface area contributed by atoms with Gasteiger partial charge in [0.25, 0.3) is 0 Å². The molecule has 0 atom stereocenters. The highest BCUT2D eigenvalue weighted by Gasteiger charge is 2.32. The monoisotopic (exact) mass is 236 g/mol. The first-order chi connectivity index (χ1) is 7.33. The highest BCUT2D eigenvalue weighted by molar-refractivity contribution is 5.59. The summed E-state index contributed by atoms with van der Waals surface area (Å²) in [6, 6.07) is 0. The summed E-state index contributed by atoms with van der Waals surface area (Å²) in [5.41, 5.74) is 5.56. The van der Waals surface area contributed by atoms with Gasteiger partial charge < -0.3 is 15.6 Å². The van der Waals surface area contributed by atoms with Gasteiger partial charge in [-0.25, -0.2) is 4.98 Å². The number of nitrogens with one attached hydrogen (secondary N) is 1. The van der Waals surface area contributed by atoms with Crippen molar-refractivity contribution in [2.45, 2.75) is 26.4 Å². The number of anilines is 2. The molecule has 0 radical (unpaired) electrons. The van der Waals surface area contributed by atoms with E-state index in [-0.39, 0.29) is 18.2 Å². The Labute approximate surface area is 91.6 Å². The molecule has 0 fully saturated rings. The molecule has 1 heterocycles. The lowest BCUT2D eigenvalue weighted by Gasteiger charge is -2.23. The van der Waals surface area contributed by atoms with Crippen LogP contribution in [-0.2, 0) is 0 Å². The Kier molecular flexibility index (Phi) is 3.66. The van der Waals surface area contributed by atoms with E-state index in [2.05, 4.69) is 9.97 Å². The van der Waals surface area contributed by atoms with E-state index in [4.69, 9.17) is 5.73 Å². The number of halogens is 3. The van der Waals surface area contributed by atoms with Crippen LogP contribution in [0.3, 0.4) is 0 Å². The van der Waals surface area contributed by atoms with Crippen molar-refractivity contribution in [1.82, 2.24) is 9.97 Å². The summed E-state index contributed by atoms with van der Waals surface area (Å²) in [7, 11) is 0. The van der Waals surface area contributed by atoms with Gasteiger partial charge in [0.1, 0.15) is 18.2 Å². The summed E-state index contributed by atoms with van der Waals surface area (Å²) < 4.78 is 37.0. The second kappa shape index (κ2) is 4.63. The molecule has 0 aliphatic rings. The molecule has 0 unspecified atom stereocenters. The minimum Gasteiger partial charge on any atom is -0.382 e. The Morgan fingerprint density at radius 2 is 2.06 bits per heavy atom. The van der Waals surface area contributed by atoms with Crippen molar-refractivity contribution in [3.63, 3.8) is 0 Å². The third-order valence-electron chi connectivity index (χ3n) is 1.99. The fourth-order valence-corrected chi connectivity index (χ4v) is 1.49. The van der Waals surface area contributed by atoms with E-state index in [0.29, 0.717) is 12.2 Å². The standard InChI is InChI=1S/C9H15F3N4/c1-3-4-16(5-9(10,11)12)8-7(13)14-6(2)15-8/h3-5,13H2,1-2H3,(H,14,15). The van der Waals surface area contributed by atoms with Crippen LogP contribution in [0.2, 0.25) is 0 Å². The van der Waals surface area contributed by atoms with Gasteiger partial charge in [0.2, 0.25) is 0 Å². The maximum Gasteiger partial charge on any atom is 0.405 e. The van der Waals surface area contributed by atoms with E-state index in [9.17, 15) is 13.2 Å². The van der Waals surface area contributed by atoms with Crippen LogP contribution in [-0.4, -0.2) is 29.2 Å². The van der Waals surface area contributed by atoms with Crippen molar-refractivity contribution < 1.29 is 13.2 Å². The molecule has 7 heteroatoms. The molecule has 0 amide bonds. The summed E-state index contributed by atoms with van der Waals surface area (Å²) in [5, 5.41) is 0. The lowest BCUT2D eigenvalue weighted by atomic mass is 10.4. The predicted molar refractivity (Wildman–Crippen MR) is 56.3 cm³/mol. The van der Waals surface area contributed by atoms with Crippen molar-refractivity contribution in [3.05, 3.63) is 5.82 Å². The average molecular weight is 236 g/mol. The van der Waals surface area contributed by atoms with Gasteiger partial charge in [0, 0.05) is 6.54 Å². The fraction of sp³-hybridized carbons (Fsp3) is 0.667. The molecule has 0 aromatic carbocycles. The lowest BCUT2D eigenvalue weighted by Crippen LogP contribution is -2.35. The van der Waals surface area contributed by atoms with E-state index in [1.54, 1.807) is 13.8 Å². The maximum absolute atomic E-state index is 12.3. The van der Waals surface area contributed by atoms with Crippen LogP contribution in [0.15, 0.2) is 0 Å². The van der Waals surface area contributed by atoms with Crippen LogP contribution in [0.5, 0.6) is 0 Å². The third-order valence-corrected chi connectivity index (χ3v) is 1.99. The number of nitrogens with zero attached hydrogens (tertiary/aromatic N) is 2. The quantitative estimate of drug-likeness (QED) is 0.841. The largest absolute Gasteiger partial charge is 0.405 e. The molecule has 0 saturated heterocycles. The molecule has 4 nitrogen and oxygen atoms in total. The Balaban J connectivity index is 2.89. The number of H-pyrrole nitrogens is 1. The topological polar surface area (TPSA) is 57.9 Å². The van der Waals surface area contributed by atoms with Gasteiger partial charge in [0.15, 0.2) is 5.82 Å². The molecule has 0 spiro atoms. The van der Waals surface area contributed by atoms with Crippen molar-refractivity contribution in [2.75, 3.05) is 23.7 Å². The molecule has 1 aromatic rings. The Morgan fingerprint density at radius 1 is 1.44 bits per heavy atom. The van der Waals surface area contributed by atoms with E-state index in [1.165, 1.54) is 0 Å². The van der Waals surface area contributed by atoms with E-state index >= 15 is 0 Å². The molecular weight excluding hydrogens is 221 g/mol. The van der Waals surface area contributed by atoms with Crippen LogP contribution in [0.4, 0.5) is 24.8 Å². The highest BCUT2D eigenvalue weighted by atomic mass is 19.4. The number of hydrogen-bond acceptors (Lipinski definition) is 3. The molecule has 1 rings (SSSR count). The Morgan fingerprint density at radius 3 is 2.44 bits per heavy atom. The van der Waals surface area contributed by atoms with E-state index in [1.807, 2.05) is 0 Å². The Hall–Kier alpha value is -1.40. The second-order valence-corrected chi connectivity index (χ2v) is 3.60. The van der Waals surface area contributed by atoms with E-state index < -0.39 is 12.7 Å². The number of aromatic nitrogens is 2. The number of nitrogens with two attached hydrogens (primary N) is 1. The Bertz CT molecular complexity index is 345. The van der Waals surface area contributed by atoms with Gasteiger partial charge in [-0.3, -0.25) is 0 Å². The minimum absolute atomic E-state index is 0.176. The summed E-state index contributed by atoms with van der Waals surface area (Å²) in [4.78, 5) is 7.79. The molecule has 0 aliphatic heterocycles. The highest BCUT2D eigenvalue weighted by Crippen LogP contribution is 2.25. The van der Waals surface area contributed by atoms with Gasteiger partial charge in [-0.1, -0.05) is 6.92 Å². The molecule has 0 aliphatic carbocycles. The van der Waals surface area contributed by atoms with Crippen LogP contribution >= 0.6 is 0 Å². The number of nitrogen functional groups attached to an aromatic ring is 1. The summed E-state index contributed by atoms with van der Waals surface area (Å²) in [6.07, 6.45) is -3.66. The molecule has 0 saturated carbocycles. The van der Waals surface area contributed by atoms with E-state index in [0.717, 1.165) is 4.90 Å². The first kappa shape index (κ1) is 12.7. The lowest BCUT2D eigenvalue weighted by molar-refractivity contribution is -0.119. The zero-order valence-corrected chi connectivity index (χ0v) is 9.23. The van der Waals surface area contributed by atoms with Gasteiger partial charge in [-0.05, 0) is 13.3 Å². The van der Waals surface area contributed by atoms with Crippen LogP contribution in [0.1, 0.15) is 19.2 Å². The molecular formula is C9H15F3N4. The zero-order valence-electron chi connectivity index (χ0n) is 9.23. The number of alkyl halides is 3. The smallest absolute Gasteiger partial charge is 0.382 e. The van der Waals surface area contributed by atoms with Crippen LogP contribution in [0, 0.1) is 6.92 Å². The average Bonchev–Trinajstić information content (AvgIpc) is 2.42. The van der Waals surface area contributed by atoms with Gasteiger partial charge >= 0.3 is 6.18 Å². The van der Waals surface area contributed by atoms with Crippen molar-refractivity contribution in [3.8, 4) is 0 Å². The first-order valence-electron chi connectivity index (χ1n) is 4.97. The van der Waals surface area contributed by atoms with Crippen molar-refractivity contribution in [2.24, 2.45) is 0 Å². The minimum atomic E-state index is -4.26. The van der Waals surface area contributed by atoms with Crippen LogP contribution in [0.25, 0.3) is 0 Å². The zero-order chi connectivity index (χ0) is 12.3. The molecule has 1 aromatic heterocycles. The summed E-state index contributed by atoms with van der Waals surface area (Å²) in [5.74, 6) is 0.864.